The zero-order chi connectivity index (χ0) is 20.6. The van der Waals surface area contributed by atoms with Gasteiger partial charge in [0.05, 0.1) is 25.5 Å². The number of hydrazone groups is 1. The van der Waals surface area contributed by atoms with Crippen molar-refractivity contribution in [3.05, 3.63) is 77.6 Å². The highest BCUT2D eigenvalue weighted by Crippen LogP contribution is 2.22. The average Bonchev–Trinajstić information content (AvgIpc) is 3.23. The van der Waals surface area contributed by atoms with Gasteiger partial charge >= 0.3 is 5.97 Å². The lowest BCUT2D eigenvalue weighted by Gasteiger charge is -2.03. The van der Waals surface area contributed by atoms with Crippen LogP contribution in [-0.4, -0.2) is 31.8 Å². The smallest absolute Gasteiger partial charge is 0.338 e. The summed E-state index contributed by atoms with van der Waals surface area (Å²) < 4.78 is 15.8. The summed E-state index contributed by atoms with van der Waals surface area (Å²) in [6.45, 7) is 2.09. The van der Waals surface area contributed by atoms with E-state index in [0.29, 0.717) is 35.0 Å². The molecule has 0 radical (unpaired) electrons. The van der Waals surface area contributed by atoms with Gasteiger partial charge in [-0.2, -0.15) is 5.10 Å². The molecule has 0 aliphatic heterocycles. The molecule has 148 valence electrons. The third kappa shape index (κ3) is 5.10. The summed E-state index contributed by atoms with van der Waals surface area (Å²) in [5.74, 6) is 0.951. The van der Waals surface area contributed by atoms with Crippen molar-refractivity contribution in [3.63, 3.8) is 0 Å². The van der Waals surface area contributed by atoms with E-state index in [-0.39, 0.29) is 11.9 Å². The highest BCUT2D eigenvalue weighted by Gasteiger charge is 2.09. The van der Waals surface area contributed by atoms with Crippen LogP contribution < -0.4 is 10.2 Å². The molecule has 2 aromatic carbocycles. The largest absolute Gasteiger partial charge is 0.497 e. The summed E-state index contributed by atoms with van der Waals surface area (Å²) in [5, 5.41) is 3.92. The van der Waals surface area contributed by atoms with Gasteiger partial charge in [0, 0.05) is 11.1 Å². The molecule has 7 heteroatoms. The van der Waals surface area contributed by atoms with E-state index in [1.54, 1.807) is 67.6 Å². The molecule has 1 amide bonds. The lowest BCUT2D eigenvalue weighted by atomic mass is 10.1. The molecule has 1 aromatic heterocycles. The Labute approximate surface area is 167 Å². The van der Waals surface area contributed by atoms with Gasteiger partial charge in [-0.1, -0.05) is 18.2 Å². The third-order valence-electron chi connectivity index (χ3n) is 4.00. The minimum absolute atomic E-state index is 0.329. The molecule has 0 spiro atoms. The van der Waals surface area contributed by atoms with E-state index in [9.17, 15) is 9.59 Å². The molecule has 0 bridgehead atoms. The van der Waals surface area contributed by atoms with E-state index in [0.717, 1.165) is 5.56 Å². The normalized spacial score (nSPS) is 10.7. The standard InChI is InChI=1S/C22H20N2O5/c1-3-28-22(26)16-9-7-15(8-10-16)20-12-11-19(29-20)14-23-24-21(25)17-5-4-6-18(13-17)27-2/h4-14H,3H2,1-2H3,(H,24,25)/b23-14-. The maximum Gasteiger partial charge on any atom is 0.338 e. The zero-order valence-corrected chi connectivity index (χ0v) is 16.0. The first kappa shape index (κ1) is 19.9. The fourth-order valence-corrected chi connectivity index (χ4v) is 2.55. The summed E-state index contributed by atoms with van der Waals surface area (Å²) in [4.78, 5) is 23.8. The molecule has 0 fully saturated rings. The molecule has 0 saturated carbocycles. The number of amides is 1. The van der Waals surface area contributed by atoms with Gasteiger partial charge in [-0.05, 0) is 49.4 Å². The van der Waals surface area contributed by atoms with Crippen molar-refractivity contribution in [2.75, 3.05) is 13.7 Å². The Morgan fingerprint density at radius 2 is 1.86 bits per heavy atom. The Hall–Kier alpha value is -3.87. The van der Waals surface area contributed by atoms with E-state index in [2.05, 4.69) is 10.5 Å². The van der Waals surface area contributed by atoms with Gasteiger partial charge in [0.25, 0.3) is 5.91 Å². The lowest BCUT2D eigenvalue weighted by Crippen LogP contribution is -2.17. The maximum absolute atomic E-state index is 12.1. The number of nitrogens with zero attached hydrogens (tertiary/aromatic N) is 1. The number of ether oxygens (including phenoxy) is 2. The van der Waals surface area contributed by atoms with Crippen LogP contribution in [0, 0.1) is 0 Å². The molecule has 0 atom stereocenters. The van der Waals surface area contributed by atoms with Crippen LogP contribution in [0.4, 0.5) is 0 Å². The van der Waals surface area contributed by atoms with Crippen LogP contribution in [0.1, 0.15) is 33.4 Å². The molecule has 3 rings (SSSR count). The number of methoxy groups -OCH3 is 1. The molecule has 7 nitrogen and oxygen atoms in total. The minimum Gasteiger partial charge on any atom is -0.497 e. The first-order valence-corrected chi connectivity index (χ1v) is 8.95. The molecular formula is C22H20N2O5. The van der Waals surface area contributed by atoms with E-state index in [4.69, 9.17) is 13.9 Å². The monoisotopic (exact) mass is 392 g/mol. The van der Waals surface area contributed by atoms with Crippen molar-refractivity contribution < 1.29 is 23.5 Å². The van der Waals surface area contributed by atoms with E-state index < -0.39 is 0 Å². The SMILES string of the molecule is CCOC(=O)c1ccc(-c2ccc(/C=N\NC(=O)c3cccc(OC)c3)o2)cc1. The van der Waals surface area contributed by atoms with Gasteiger partial charge in [0.15, 0.2) is 0 Å². The number of furan rings is 1. The summed E-state index contributed by atoms with van der Waals surface area (Å²) >= 11 is 0. The number of hydrogen-bond acceptors (Lipinski definition) is 6. The zero-order valence-electron chi connectivity index (χ0n) is 16.0. The second-order valence-electron chi connectivity index (χ2n) is 5.93. The van der Waals surface area contributed by atoms with Crippen LogP contribution >= 0.6 is 0 Å². The van der Waals surface area contributed by atoms with Crippen LogP contribution in [0.25, 0.3) is 11.3 Å². The predicted octanol–water partition coefficient (Wildman–Crippen LogP) is 3.90. The third-order valence-corrected chi connectivity index (χ3v) is 4.00. The quantitative estimate of drug-likeness (QED) is 0.374. The van der Waals surface area contributed by atoms with Crippen LogP contribution in [-0.2, 0) is 4.74 Å². The van der Waals surface area contributed by atoms with Crippen LogP contribution in [0.2, 0.25) is 0 Å². The lowest BCUT2D eigenvalue weighted by molar-refractivity contribution is 0.0526. The number of benzene rings is 2. The van der Waals surface area contributed by atoms with E-state index >= 15 is 0 Å². The van der Waals surface area contributed by atoms with Crippen molar-refractivity contribution >= 4 is 18.1 Å². The molecule has 0 saturated heterocycles. The highest BCUT2D eigenvalue weighted by atomic mass is 16.5. The Bertz CT molecular complexity index is 1020. The topological polar surface area (TPSA) is 90.1 Å². The van der Waals surface area contributed by atoms with Gasteiger partial charge in [-0.3, -0.25) is 4.79 Å². The first-order chi connectivity index (χ1) is 14.1. The number of rotatable bonds is 7. The van der Waals surface area contributed by atoms with Crippen molar-refractivity contribution in [2.45, 2.75) is 6.92 Å². The predicted molar refractivity (Wildman–Crippen MR) is 108 cm³/mol. The Balaban J connectivity index is 1.62. The number of carbonyl (C=O) groups excluding carboxylic acids is 2. The van der Waals surface area contributed by atoms with Crippen molar-refractivity contribution in [2.24, 2.45) is 5.10 Å². The Kier molecular flexibility index (Phi) is 6.42. The minimum atomic E-state index is -0.363. The van der Waals surface area contributed by atoms with Crippen LogP contribution in [0.5, 0.6) is 5.75 Å². The molecule has 1 heterocycles. The average molecular weight is 392 g/mol. The first-order valence-electron chi connectivity index (χ1n) is 8.95. The molecule has 3 aromatic rings. The summed E-state index contributed by atoms with van der Waals surface area (Å²) in [7, 11) is 1.54. The Morgan fingerprint density at radius 3 is 2.59 bits per heavy atom. The fraction of sp³-hybridized carbons (Fsp3) is 0.136. The van der Waals surface area contributed by atoms with Crippen molar-refractivity contribution in [3.8, 4) is 17.1 Å². The number of hydrogen-bond donors (Lipinski definition) is 1. The van der Waals surface area contributed by atoms with Crippen LogP contribution in [0.15, 0.2) is 70.2 Å². The van der Waals surface area contributed by atoms with Gasteiger partial charge in [-0.15, -0.1) is 0 Å². The molecule has 0 aliphatic carbocycles. The summed E-state index contributed by atoms with van der Waals surface area (Å²) in [5.41, 5.74) is 4.16. The van der Waals surface area contributed by atoms with Gasteiger partial charge in [0.1, 0.15) is 17.3 Å². The van der Waals surface area contributed by atoms with Crippen LogP contribution in [0.3, 0.4) is 0 Å². The fourth-order valence-electron chi connectivity index (χ4n) is 2.55. The summed E-state index contributed by atoms with van der Waals surface area (Å²) in [6, 6.07) is 17.2. The molecule has 29 heavy (non-hydrogen) atoms. The second-order valence-corrected chi connectivity index (χ2v) is 5.93. The Morgan fingerprint density at radius 1 is 1.07 bits per heavy atom. The van der Waals surface area contributed by atoms with E-state index in [1.165, 1.54) is 13.3 Å². The van der Waals surface area contributed by atoms with Gasteiger partial charge in [-0.25, -0.2) is 10.2 Å². The van der Waals surface area contributed by atoms with Gasteiger partial charge < -0.3 is 13.9 Å². The van der Waals surface area contributed by atoms with E-state index in [1.807, 2.05) is 0 Å². The number of esters is 1. The molecule has 0 aliphatic rings. The second kappa shape index (κ2) is 9.36. The number of carbonyl (C=O) groups is 2. The van der Waals surface area contributed by atoms with Gasteiger partial charge in [0.2, 0.25) is 0 Å². The van der Waals surface area contributed by atoms with Crippen molar-refractivity contribution in [1.82, 2.24) is 5.43 Å². The molecular weight excluding hydrogens is 372 g/mol. The molecule has 1 N–H and O–H groups in total. The highest BCUT2D eigenvalue weighted by molar-refractivity contribution is 5.95. The molecule has 0 unspecified atom stereocenters. The summed E-state index contributed by atoms with van der Waals surface area (Å²) in [6.07, 6.45) is 1.41. The van der Waals surface area contributed by atoms with Crippen molar-refractivity contribution in [1.29, 1.82) is 0 Å². The maximum atomic E-state index is 12.1. The number of nitrogens with one attached hydrogen (secondary N) is 1.